The Kier molecular flexibility index (Phi) is 4.38. The van der Waals surface area contributed by atoms with Crippen molar-refractivity contribution < 1.29 is 9.47 Å². The van der Waals surface area contributed by atoms with E-state index >= 15 is 0 Å². The molecule has 112 valence electrons. The van der Waals surface area contributed by atoms with Gasteiger partial charge in [-0.1, -0.05) is 6.42 Å². The number of hydrogen-bond acceptors (Lipinski definition) is 4. The molecule has 1 aromatic rings. The van der Waals surface area contributed by atoms with Gasteiger partial charge in [0.05, 0.1) is 18.9 Å². The van der Waals surface area contributed by atoms with E-state index in [1.165, 1.54) is 24.8 Å². The molecule has 5 nitrogen and oxygen atoms in total. The summed E-state index contributed by atoms with van der Waals surface area (Å²) in [7, 11) is 0. The third kappa shape index (κ3) is 3.22. The summed E-state index contributed by atoms with van der Waals surface area (Å²) in [4.78, 5) is 0. The highest BCUT2D eigenvalue weighted by Crippen LogP contribution is 2.37. The van der Waals surface area contributed by atoms with Crippen LogP contribution in [0.1, 0.15) is 44.6 Å². The van der Waals surface area contributed by atoms with E-state index in [0.29, 0.717) is 0 Å². The SMILES string of the molecule is CCn1cc(CNCC2COC3(CCCCC3)O2)cn1. The van der Waals surface area contributed by atoms with Gasteiger partial charge in [0.2, 0.25) is 0 Å². The molecule has 1 aromatic heterocycles. The second-order valence-electron chi connectivity index (χ2n) is 5.86. The van der Waals surface area contributed by atoms with Crippen LogP contribution in [-0.2, 0) is 22.6 Å². The van der Waals surface area contributed by atoms with Crippen LogP contribution >= 0.6 is 0 Å². The molecular weight excluding hydrogens is 254 g/mol. The molecule has 1 atom stereocenters. The van der Waals surface area contributed by atoms with Gasteiger partial charge >= 0.3 is 0 Å². The summed E-state index contributed by atoms with van der Waals surface area (Å²) < 4.78 is 14.0. The smallest absolute Gasteiger partial charge is 0.168 e. The molecule has 2 heterocycles. The highest BCUT2D eigenvalue weighted by Gasteiger charge is 2.41. The van der Waals surface area contributed by atoms with Crippen molar-refractivity contribution in [3.8, 4) is 0 Å². The van der Waals surface area contributed by atoms with E-state index in [1.807, 2.05) is 10.9 Å². The average molecular weight is 279 g/mol. The zero-order valence-electron chi connectivity index (χ0n) is 12.3. The maximum absolute atomic E-state index is 6.15. The van der Waals surface area contributed by atoms with E-state index in [9.17, 15) is 0 Å². The summed E-state index contributed by atoms with van der Waals surface area (Å²) in [5, 5.41) is 7.72. The van der Waals surface area contributed by atoms with Crippen molar-refractivity contribution in [2.24, 2.45) is 0 Å². The molecule has 1 aliphatic heterocycles. The lowest BCUT2D eigenvalue weighted by atomic mass is 9.94. The van der Waals surface area contributed by atoms with Crippen LogP contribution in [0, 0.1) is 0 Å². The van der Waals surface area contributed by atoms with E-state index < -0.39 is 0 Å². The van der Waals surface area contributed by atoms with Gasteiger partial charge in [0, 0.05) is 44.2 Å². The number of ether oxygens (including phenoxy) is 2. The van der Waals surface area contributed by atoms with Crippen molar-refractivity contribution in [3.05, 3.63) is 18.0 Å². The summed E-state index contributed by atoms with van der Waals surface area (Å²) in [5.74, 6) is -0.252. The van der Waals surface area contributed by atoms with E-state index in [4.69, 9.17) is 9.47 Å². The van der Waals surface area contributed by atoms with Crippen LogP contribution in [-0.4, -0.2) is 34.8 Å². The molecule has 3 rings (SSSR count). The molecule has 1 N–H and O–H groups in total. The summed E-state index contributed by atoms with van der Waals surface area (Å²) in [6, 6.07) is 0. The molecule has 2 fully saturated rings. The molecular formula is C15H25N3O2. The Morgan fingerprint density at radius 3 is 3.00 bits per heavy atom. The second-order valence-corrected chi connectivity index (χ2v) is 5.86. The minimum atomic E-state index is -0.252. The molecule has 2 aliphatic rings. The molecule has 1 saturated carbocycles. The molecule has 0 aromatic carbocycles. The van der Waals surface area contributed by atoms with Gasteiger partial charge in [-0.25, -0.2) is 0 Å². The van der Waals surface area contributed by atoms with Crippen LogP contribution in [0.4, 0.5) is 0 Å². The highest BCUT2D eigenvalue weighted by atomic mass is 16.7. The molecule has 0 radical (unpaired) electrons. The van der Waals surface area contributed by atoms with Crippen molar-refractivity contribution in [2.75, 3.05) is 13.2 Å². The van der Waals surface area contributed by atoms with Crippen LogP contribution in [0.15, 0.2) is 12.4 Å². The van der Waals surface area contributed by atoms with Gasteiger partial charge < -0.3 is 14.8 Å². The standard InChI is InChI=1S/C15H25N3O2/c1-2-18-11-13(9-17-18)8-16-10-14-12-19-15(20-14)6-4-3-5-7-15/h9,11,14,16H,2-8,10,12H2,1H3. The van der Waals surface area contributed by atoms with E-state index in [0.717, 1.165) is 39.1 Å². The van der Waals surface area contributed by atoms with Crippen molar-refractivity contribution in [3.63, 3.8) is 0 Å². The fourth-order valence-corrected chi connectivity index (χ4v) is 3.12. The molecule has 20 heavy (non-hydrogen) atoms. The summed E-state index contributed by atoms with van der Waals surface area (Å²) in [6.07, 6.45) is 10.1. The molecule has 1 unspecified atom stereocenters. The minimum absolute atomic E-state index is 0.189. The second kappa shape index (κ2) is 6.24. The monoisotopic (exact) mass is 279 g/mol. The number of nitrogens with zero attached hydrogens (tertiary/aromatic N) is 2. The van der Waals surface area contributed by atoms with Crippen molar-refractivity contribution in [1.29, 1.82) is 0 Å². The van der Waals surface area contributed by atoms with E-state index in [2.05, 4.69) is 23.5 Å². The number of rotatable bonds is 5. The highest BCUT2D eigenvalue weighted by molar-refractivity contribution is 5.03. The number of nitrogens with one attached hydrogen (secondary N) is 1. The van der Waals surface area contributed by atoms with Crippen LogP contribution < -0.4 is 5.32 Å². The third-order valence-corrected chi connectivity index (χ3v) is 4.24. The Bertz CT molecular complexity index is 427. The first-order chi connectivity index (χ1) is 9.80. The fourth-order valence-electron chi connectivity index (χ4n) is 3.12. The Hall–Kier alpha value is -0.910. The lowest BCUT2D eigenvalue weighted by Crippen LogP contribution is -2.35. The van der Waals surface area contributed by atoms with Crippen LogP contribution in [0.25, 0.3) is 0 Å². The summed E-state index contributed by atoms with van der Waals surface area (Å²) in [5.41, 5.74) is 1.22. The van der Waals surface area contributed by atoms with Gasteiger partial charge in [-0.15, -0.1) is 0 Å². The fraction of sp³-hybridized carbons (Fsp3) is 0.800. The minimum Gasteiger partial charge on any atom is -0.347 e. The van der Waals surface area contributed by atoms with Gasteiger partial charge in [0.25, 0.3) is 0 Å². The quantitative estimate of drug-likeness (QED) is 0.896. The van der Waals surface area contributed by atoms with Gasteiger partial charge in [-0.2, -0.15) is 5.10 Å². The Labute approximate surface area is 120 Å². The molecule has 1 spiro atoms. The van der Waals surface area contributed by atoms with Crippen LogP contribution in [0.5, 0.6) is 0 Å². The Morgan fingerprint density at radius 2 is 2.25 bits per heavy atom. The summed E-state index contributed by atoms with van der Waals surface area (Å²) >= 11 is 0. The van der Waals surface area contributed by atoms with Gasteiger partial charge in [-0.05, 0) is 19.8 Å². The van der Waals surface area contributed by atoms with E-state index in [-0.39, 0.29) is 11.9 Å². The van der Waals surface area contributed by atoms with Crippen molar-refractivity contribution in [1.82, 2.24) is 15.1 Å². The maximum atomic E-state index is 6.15. The molecule has 0 bridgehead atoms. The zero-order chi connectivity index (χ0) is 13.8. The Morgan fingerprint density at radius 1 is 1.40 bits per heavy atom. The van der Waals surface area contributed by atoms with Crippen molar-refractivity contribution in [2.45, 2.75) is 64.0 Å². The number of hydrogen-bond donors (Lipinski definition) is 1. The molecule has 1 aliphatic carbocycles. The van der Waals surface area contributed by atoms with Gasteiger partial charge in [-0.3, -0.25) is 4.68 Å². The normalized spacial score (nSPS) is 25.4. The van der Waals surface area contributed by atoms with Crippen molar-refractivity contribution >= 4 is 0 Å². The zero-order valence-corrected chi connectivity index (χ0v) is 12.3. The number of aromatic nitrogens is 2. The summed E-state index contributed by atoms with van der Waals surface area (Å²) in [6.45, 7) is 5.42. The number of aryl methyl sites for hydroxylation is 1. The predicted octanol–water partition coefficient (Wildman–Crippen LogP) is 2.07. The third-order valence-electron chi connectivity index (χ3n) is 4.24. The lowest BCUT2D eigenvalue weighted by molar-refractivity contribution is -0.186. The van der Waals surface area contributed by atoms with Gasteiger partial charge in [0.1, 0.15) is 0 Å². The topological polar surface area (TPSA) is 48.3 Å². The lowest BCUT2D eigenvalue weighted by Gasteiger charge is -2.31. The average Bonchev–Trinajstić information content (AvgIpc) is 3.08. The molecule has 1 saturated heterocycles. The van der Waals surface area contributed by atoms with Crippen LogP contribution in [0.3, 0.4) is 0 Å². The largest absolute Gasteiger partial charge is 0.347 e. The predicted molar refractivity (Wildman–Crippen MR) is 76.2 cm³/mol. The first-order valence-electron chi connectivity index (χ1n) is 7.83. The first kappa shape index (κ1) is 14.0. The molecule has 5 heteroatoms. The first-order valence-corrected chi connectivity index (χ1v) is 7.83. The maximum Gasteiger partial charge on any atom is 0.168 e. The van der Waals surface area contributed by atoms with E-state index in [1.54, 1.807) is 0 Å². The van der Waals surface area contributed by atoms with Crippen LogP contribution in [0.2, 0.25) is 0 Å². The molecule has 0 amide bonds. The van der Waals surface area contributed by atoms with Gasteiger partial charge in [0.15, 0.2) is 5.79 Å². The Balaban J connectivity index is 1.41.